The summed E-state index contributed by atoms with van der Waals surface area (Å²) in [6.45, 7) is 0.281. The van der Waals surface area contributed by atoms with Gasteiger partial charge in [-0.3, -0.25) is 0 Å². The molecule has 5 nitrogen and oxygen atoms in total. The van der Waals surface area contributed by atoms with Gasteiger partial charge in [0.2, 0.25) is 0 Å². The first-order valence-electron chi connectivity index (χ1n) is 7.04. The van der Waals surface area contributed by atoms with Gasteiger partial charge in [-0.2, -0.15) is 28.1 Å². The molecule has 25 heavy (non-hydrogen) atoms. The number of aromatic nitrogens is 4. The lowest BCUT2D eigenvalue weighted by molar-refractivity contribution is -0.689. The van der Waals surface area contributed by atoms with Crippen molar-refractivity contribution in [3.8, 4) is 11.9 Å². The van der Waals surface area contributed by atoms with Crippen LogP contribution in [-0.4, -0.2) is 14.8 Å². The molecule has 9 heteroatoms. The van der Waals surface area contributed by atoms with E-state index in [0.717, 1.165) is 6.07 Å². The summed E-state index contributed by atoms with van der Waals surface area (Å²) in [6.07, 6.45) is 1.06. The molecule has 3 heterocycles. The number of hydrogen-bond acceptors (Lipinski definition) is 3. The Labute approximate surface area is 145 Å². The lowest BCUT2D eigenvalue weighted by atomic mass is 10.2. The van der Waals surface area contributed by atoms with Gasteiger partial charge in [-0.1, -0.05) is 17.7 Å². The van der Waals surface area contributed by atoms with E-state index in [1.807, 2.05) is 24.3 Å². The summed E-state index contributed by atoms with van der Waals surface area (Å²) in [5.41, 5.74) is -0.199. The number of pyridine rings is 2. The van der Waals surface area contributed by atoms with Gasteiger partial charge in [0.1, 0.15) is 17.3 Å². The van der Waals surface area contributed by atoms with Crippen molar-refractivity contribution >= 4 is 11.6 Å². The van der Waals surface area contributed by atoms with E-state index in [2.05, 4.69) is 10.1 Å². The van der Waals surface area contributed by atoms with Gasteiger partial charge < -0.3 is 0 Å². The molecule has 0 saturated carbocycles. The third-order valence-corrected chi connectivity index (χ3v) is 3.73. The van der Waals surface area contributed by atoms with Crippen LogP contribution in [0, 0.1) is 11.3 Å². The van der Waals surface area contributed by atoms with Crippen LogP contribution in [0.2, 0.25) is 5.02 Å². The SMILES string of the molecule is N#Cc1cnn(-c2ncc(C(F)(F)F)cc2Cl)c1C[n+]1ccccc1. The molecule has 0 bridgehead atoms. The second kappa shape index (κ2) is 6.53. The lowest BCUT2D eigenvalue weighted by Crippen LogP contribution is -2.34. The average Bonchev–Trinajstić information content (AvgIpc) is 2.97. The summed E-state index contributed by atoms with van der Waals surface area (Å²) in [7, 11) is 0. The minimum absolute atomic E-state index is 0.0303. The Morgan fingerprint density at radius 2 is 1.92 bits per heavy atom. The third kappa shape index (κ3) is 3.46. The number of nitriles is 1. The summed E-state index contributed by atoms with van der Waals surface area (Å²) < 4.78 is 41.4. The minimum Gasteiger partial charge on any atom is -0.235 e. The molecule has 0 fully saturated rings. The molecule has 0 unspecified atom stereocenters. The third-order valence-electron chi connectivity index (χ3n) is 3.45. The van der Waals surface area contributed by atoms with Crippen LogP contribution in [0.4, 0.5) is 13.2 Å². The molecule has 0 saturated heterocycles. The Hall–Kier alpha value is -2.92. The maximum absolute atomic E-state index is 12.8. The molecule has 0 spiro atoms. The van der Waals surface area contributed by atoms with Crippen LogP contribution in [0.5, 0.6) is 0 Å². The predicted molar refractivity (Wildman–Crippen MR) is 81.8 cm³/mol. The Bertz CT molecular complexity index is 945. The largest absolute Gasteiger partial charge is 0.417 e. The van der Waals surface area contributed by atoms with Crippen molar-refractivity contribution in [2.45, 2.75) is 12.7 Å². The monoisotopic (exact) mass is 364 g/mol. The first-order chi connectivity index (χ1) is 11.9. The van der Waals surface area contributed by atoms with Crippen LogP contribution in [0.1, 0.15) is 16.8 Å². The van der Waals surface area contributed by atoms with Crippen molar-refractivity contribution in [3.63, 3.8) is 0 Å². The lowest BCUT2D eigenvalue weighted by Gasteiger charge is -2.10. The Balaban J connectivity index is 2.07. The van der Waals surface area contributed by atoms with Crippen molar-refractivity contribution in [3.05, 3.63) is 70.9 Å². The normalized spacial score (nSPS) is 11.3. The van der Waals surface area contributed by atoms with E-state index >= 15 is 0 Å². The maximum Gasteiger partial charge on any atom is 0.417 e. The second-order valence-electron chi connectivity index (χ2n) is 5.10. The fourth-order valence-electron chi connectivity index (χ4n) is 2.26. The molecule has 0 atom stereocenters. The van der Waals surface area contributed by atoms with E-state index in [9.17, 15) is 18.4 Å². The van der Waals surface area contributed by atoms with E-state index in [0.29, 0.717) is 11.9 Å². The van der Waals surface area contributed by atoms with E-state index in [1.54, 1.807) is 17.0 Å². The molecule has 126 valence electrons. The van der Waals surface area contributed by atoms with Gasteiger partial charge in [-0.05, 0) is 6.07 Å². The van der Waals surface area contributed by atoms with Crippen LogP contribution in [-0.2, 0) is 12.7 Å². The minimum atomic E-state index is -4.54. The molecule has 0 aliphatic heterocycles. The Kier molecular flexibility index (Phi) is 4.42. The van der Waals surface area contributed by atoms with Gasteiger partial charge in [-0.25, -0.2) is 9.67 Å². The van der Waals surface area contributed by atoms with E-state index in [-0.39, 0.29) is 22.9 Å². The van der Waals surface area contributed by atoms with Gasteiger partial charge >= 0.3 is 6.18 Å². The van der Waals surface area contributed by atoms with Gasteiger partial charge in [0.05, 0.1) is 16.8 Å². The molecular formula is C16H10ClF3N5+. The van der Waals surface area contributed by atoms with E-state index < -0.39 is 11.7 Å². The number of nitrogens with zero attached hydrogens (tertiary/aromatic N) is 5. The summed E-state index contributed by atoms with van der Waals surface area (Å²) in [5.74, 6) is 0.0303. The highest BCUT2D eigenvalue weighted by Gasteiger charge is 2.32. The van der Waals surface area contributed by atoms with Gasteiger partial charge in [0.15, 0.2) is 24.8 Å². The van der Waals surface area contributed by atoms with Crippen LogP contribution in [0.3, 0.4) is 0 Å². The smallest absolute Gasteiger partial charge is 0.235 e. The average molecular weight is 365 g/mol. The first-order valence-corrected chi connectivity index (χ1v) is 7.42. The Morgan fingerprint density at radius 3 is 2.52 bits per heavy atom. The Morgan fingerprint density at radius 1 is 1.20 bits per heavy atom. The zero-order valence-electron chi connectivity index (χ0n) is 12.6. The number of hydrogen-bond donors (Lipinski definition) is 0. The zero-order valence-corrected chi connectivity index (χ0v) is 13.3. The van der Waals surface area contributed by atoms with Crippen molar-refractivity contribution < 1.29 is 17.7 Å². The molecule has 3 aromatic rings. The zero-order chi connectivity index (χ0) is 18.0. The molecule has 0 aliphatic rings. The van der Waals surface area contributed by atoms with Crippen LogP contribution >= 0.6 is 11.6 Å². The van der Waals surface area contributed by atoms with E-state index in [4.69, 9.17) is 11.6 Å². The summed E-state index contributed by atoms with van der Waals surface area (Å²) in [6, 6.07) is 8.27. The molecule has 0 aliphatic carbocycles. The topological polar surface area (TPSA) is 58.4 Å². The molecule has 0 N–H and O–H groups in total. The van der Waals surface area contributed by atoms with E-state index in [1.165, 1.54) is 10.9 Å². The highest BCUT2D eigenvalue weighted by Crippen LogP contribution is 2.32. The molecule has 3 rings (SSSR count). The summed E-state index contributed by atoms with van der Waals surface area (Å²) >= 11 is 5.98. The number of halogens is 4. The van der Waals surface area contributed by atoms with Crippen molar-refractivity contribution in [2.75, 3.05) is 0 Å². The van der Waals surface area contributed by atoms with Gasteiger partial charge in [-0.15, -0.1) is 0 Å². The molecular weight excluding hydrogens is 355 g/mol. The summed E-state index contributed by atoms with van der Waals surface area (Å²) in [4.78, 5) is 3.79. The molecule has 0 amide bonds. The number of rotatable bonds is 3. The quantitative estimate of drug-likeness (QED) is 0.671. The van der Waals surface area contributed by atoms with Crippen molar-refractivity contribution in [2.24, 2.45) is 0 Å². The first kappa shape index (κ1) is 16.9. The summed E-state index contributed by atoms with van der Waals surface area (Å²) in [5, 5.41) is 13.1. The highest BCUT2D eigenvalue weighted by molar-refractivity contribution is 6.32. The van der Waals surface area contributed by atoms with Crippen LogP contribution < -0.4 is 4.57 Å². The predicted octanol–water partition coefficient (Wildman–Crippen LogP) is 3.15. The van der Waals surface area contributed by atoms with Crippen LogP contribution in [0.15, 0.2) is 49.1 Å². The molecule has 3 aromatic heterocycles. The standard InChI is InChI=1S/C16H10ClF3N5/c17-13-6-12(16(18,19)20)9-22-15(13)25-14(11(7-21)8-23-25)10-24-4-2-1-3-5-24/h1-6,8-9H,10H2/q+1. The fraction of sp³-hybridized carbons (Fsp3) is 0.125. The van der Waals surface area contributed by atoms with Gasteiger partial charge in [0, 0.05) is 18.3 Å². The fourth-order valence-corrected chi connectivity index (χ4v) is 2.50. The second-order valence-corrected chi connectivity index (χ2v) is 5.51. The highest BCUT2D eigenvalue weighted by atomic mass is 35.5. The number of alkyl halides is 3. The maximum atomic E-state index is 12.8. The molecule has 0 radical (unpaired) electrons. The van der Waals surface area contributed by atoms with Gasteiger partial charge in [0.25, 0.3) is 0 Å². The van der Waals surface area contributed by atoms with Crippen molar-refractivity contribution in [1.82, 2.24) is 14.8 Å². The van der Waals surface area contributed by atoms with Crippen molar-refractivity contribution in [1.29, 1.82) is 5.26 Å². The molecule has 0 aromatic carbocycles. The van der Waals surface area contributed by atoms with Crippen LogP contribution in [0.25, 0.3) is 5.82 Å².